The molecule has 14 heavy (non-hydrogen) atoms. The lowest BCUT2D eigenvalue weighted by Crippen LogP contribution is -2.16. The maximum absolute atomic E-state index is 11.3. The highest BCUT2D eigenvalue weighted by Gasteiger charge is 2.22. The summed E-state index contributed by atoms with van der Waals surface area (Å²) in [4.78, 5) is 11.3. The summed E-state index contributed by atoms with van der Waals surface area (Å²) in [6.07, 6.45) is 0. The van der Waals surface area contributed by atoms with Crippen molar-refractivity contribution in [3.05, 3.63) is 35.4 Å². The van der Waals surface area contributed by atoms with Gasteiger partial charge in [-0.25, -0.2) is 0 Å². The van der Waals surface area contributed by atoms with Crippen molar-refractivity contribution in [1.82, 2.24) is 0 Å². The molecule has 0 aliphatic carbocycles. The molecule has 0 aliphatic heterocycles. The Labute approximate surface area is 82.6 Å². The molecule has 0 N–H and O–H groups in total. The smallest absolute Gasteiger partial charge is 0.273 e. The predicted molar refractivity (Wildman–Crippen MR) is 51.4 cm³/mol. The fraction of sp³-hybridized carbons (Fsp3) is 0.222. The van der Waals surface area contributed by atoms with Gasteiger partial charge in [0.1, 0.15) is 0 Å². The van der Waals surface area contributed by atoms with E-state index in [-0.39, 0.29) is 5.56 Å². The Morgan fingerprint density at radius 1 is 1.21 bits per heavy atom. The molecule has 0 amide bonds. The first-order chi connectivity index (χ1) is 6.47. The third-order valence-electron chi connectivity index (χ3n) is 1.73. The van der Waals surface area contributed by atoms with Crippen molar-refractivity contribution in [3.8, 4) is 0 Å². The van der Waals surface area contributed by atoms with Gasteiger partial charge in [0.15, 0.2) is 0 Å². The maximum Gasteiger partial charge on any atom is 0.335 e. The molecule has 0 radical (unpaired) electrons. The lowest BCUT2D eigenvalue weighted by Gasteiger charge is -2.00. The minimum Gasteiger partial charge on any atom is -0.273 e. The van der Waals surface area contributed by atoms with E-state index in [1.807, 2.05) is 6.92 Å². The molecule has 1 aromatic rings. The zero-order valence-electron chi connectivity index (χ0n) is 7.85. The van der Waals surface area contributed by atoms with Gasteiger partial charge in [0, 0.05) is 5.56 Å². The highest BCUT2D eigenvalue weighted by atomic mass is 32.2. The SMILES string of the molecule is COS(=O)(=O)C(=O)c1ccc(C)cc1. The molecule has 0 saturated heterocycles. The van der Waals surface area contributed by atoms with Crippen LogP contribution in [-0.4, -0.2) is 20.6 Å². The predicted octanol–water partition coefficient (Wildman–Crippen LogP) is 1.11. The summed E-state index contributed by atoms with van der Waals surface area (Å²) in [5.41, 5.74) is 1.06. The van der Waals surface area contributed by atoms with Crippen LogP contribution in [0.1, 0.15) is 15.9 Å². The second-order valence-corrected chi connectivity index (χ2v) is 4.39. The number of hydrogen-bond acceptors (Lipinski definition) is 4. The van der Waals surface area contributed by atoms with Gasteiger partial charge in [-0.2, -0.15) is 8.42 Å². The summed E-state index contributed by atoms with van der Waals surface area (Å²) >= 11 is 0. The second kappa shape index (κ2) is 3.89. The van der Waals surface area contributed by atoms with Crippen molar-refractivity contribution in [2.45, 2.75) is 6.92 Å². The summed E-state index contributed by atoms with van der Waals surface area (Å²) in [7, 11) is -3.14. The quantitative estimate of drug-likeness (QED) is 0.692. The molecule has 1 aromatic carbocycles. The van der Waals surface area contributed by atoms with Gasteiger partial charge in [0.05, 0.1) is 7.11 Å². The van der Waals surface area contributed by atoms with Gasteiger partial charge >= 0.3 is 15.2 Å². The number of aryl methyl sites for hydroxylation is 1. The van der Waals surface area contributed by atoms with Crippen molar-refractivity contribution in [2.24, 2.45) is 0 Å². The van der Waals surface area contributed by atoms with Crippen molar-refractivity contribution in [3.63, 3.8) is 0 Å². The largest absolute Gasteiger partial charge is 0.335 e. The molecule has 0 fully saturated rings. The lowest BCUT2D eigenvalue weighted by molar-refractivity contribution is 0.106. The third kappa shape index (κ3) is 2.18. The van der Waals surface area contributed by atoms with Crippen LogP contribution in [0.4, 0.5) is 0 Å². The number of hydrogen-bond donors (Lipinski definition) is 0. The van der Waals surface area contributed by atoms with Gasteiger partial charge in [0.2, 0.25) is 0 Å². The van der Waals surface area contributed by atoms with E-state index in [1.165, 1.54) is 12.1 Å². The number of benzene rings is 1. The maximum atomic E-state index is 11.3. The van der Waals surface area contributed by atoms with Gasteiger partial charge in [-0.3, -0.25) is 8.98 Å². The fourth-order valence-electron chi connectivity index (χ4n) is 0.910. The molecular formula is C9H10O4S. The fourth-order valence-corrected chi connectivity index (χ4v) is 1.49. The zero-order valence-corrected chi connectivity index (χ0v) is 8.67. The standard InChI is InChI=1S/C9H10O4S/c1-7-3-5-8(6-4-7)9(10)14(11,12)13-2/h3-6H,1-2H3. The number of carbonyl (C=O) groups is 1. The zero-order chi connectivity index (χ0) is 10.8. The van der Waals surface area contributed by atoms with Crippen LogP contribution >= 0.6 is 0 Å². The Balaban J connectivity index is 3.08. The van der Waals surface area contributed by atoms with Crippen molar-refractivity contribution in [1.29, 1.82) is 0 Å². The normalized spacial score (nSPS) is 11.3. The van der Waals surface area contributed by atoms with Gasteiger partial charge < -0.3 is 0 Å². The van der Waals surface area contributed by atoms with Crippen molar-refractivity contribution < 1.29 is 17.4 Å². The molecule has 0 atom stereocenters. The van der Waals surface area contributed by atoms with Crippen LogP contribution in [0.3, 0.4) is 0 Å². The minimum atomic E-state index is -4.10. The average Bonchev–Trinajstić information content (AvgIpc) is 2.18. The molecule has 0 aromatic heterocycles. The molecule has 1 rings (SSSR count). The Hall–Kier alpha value is -1.20. The van der Waals surface area contributed by atoms with Crippen LogP contribution < -0.4 is 0 Å². The molecule has 0 aliphatic rings. The minimum absolute atomic E-state index is 0.109. The van der Waals surface area contributed by atoms with E-state index in [9.17, 15) is 13.2 Å². The van der Waals surface area contributed by atoms with E-state index in [0.29, 0.717) is 0 Å². The Bertz CT molecular complexity index is 430. The van der Waals surface area contributed by atoms with E-state index in [4.69, 9.17) is 0 Å². The lowest BCUT2D eigenvalue weighted by atomic mass is 10.2. The van der Waals surface area contributed by atoms with E-state index in [0.717, 1.165) is 12.7 Å². The molecule has 5 heteroatoms. The summed E-state index contributed by atoms with van der Waals surface area (Å²) in [5.74, 6) is 0. The molecular weight excluding hydrogens is 204 g/mol. The Morgan fingerprint density at radius 3 is 2.14 bits per heavy atom. The highest BCUT2D eigenvalue weighted by Crippen LogP contribution is 2.08. The van der Waals surface area contributed by atoms with Gasteiger partial charge in [0.25, 0.3) is 0 Å². The van der Waals surface area contributed by atoms with Crippen LogP contribution in [0.5, 0.6) is 0 Å². The Kier molecular flexibility index (Phi) is 3.03. The first kappa shape index (κ1) is 10.9. The highest BCUT2D eigenvalue weighted by molar-refractivity contribution is 8.02. The van der Waals surface area contributed by atoms with Crippen LogP contribution in [0.25, 0.3) is 0 Å². The summed E-state index contributed by atoms with van der Waals surface area (Å²) in [6, 6.07) is 6.24. The van der Waals surface area contributed by atoms with Gasteiger partial charge in [-0.15, -0.1) is 0 Å². The second-order valence-electron chi connectivity index (χ2n) is 2.77. The molecule has 76 valence electrons. The summed E-state index contributed by atoms with van der Waals surface area (Å²) < 4.78 is 26.1. The molecule has 0 heterocycles. The van der Waals surface area contributed by atoms with Gasteiger partial charge in [-0.05, 0) is 19.1 Å². The molecule has 0 unspecified atom stereocenters. The van der Waals surface area contributed by atoms with E-state index < -0.39 is 15.2 Å². The van der Waals surface area contributed by atoms with Crippen LogP contribution in [0, 0.1) is 6.92 Å². The average molecular weight is 214 g/mol. The van der Waals surface area contributed by atoms with Crippen LogP contribution in [0.15, 0.2) is 24.3 Å². The van der Waals surface area contributed by atoms with Gasteiger partial charge in [-0.1, -0.05) is 17.7 Å². The van der Waals surface area contributed by atoms with Crippen molar-refractivity contribution in [2.75, 3.05) is 7.11 Å². The first-order valence-electron chi connectivity index (χ1n) is 3.89. The molecule has 4 nitrogen and oxygen atoms in total. The molecule has 0 saturated carbocycles. The third-order valence-corrected chi connectivity index (χ3v) is 2.86. The molecule has 0 bridgehead atoms. The van der Waals surface area contributed by atoms with Crippen molar-refractivity contribution >= 4 is 15.2 Å². The topological polar surface area (TPSA) is 60.4 Å². The van der Waals surface area contributed by atoms with Crippen LogP contribution in [0.2, 0.25) is 0 Å². The number of rotatable bonds is 2. The Morgan fingerprint density at radius 2 is 1.71 bits per heavy atom. The summed E-state index contributed by atoms with van der Waals surface area (Å²) in [6.45, 7) is 1.85. The van der Waals surface area contributed by atoms with E-state index in [1.54, 1.807) is 12.1 Å². The monoisotopic (exact) mass is 214 g/mol. The number of carbonyl (C=O) groups excluding carboxylic acids is 1. The van der Waals surface area contributed by atoms with E-state index >= 15 is 0 Å². The van der Waals surface area contributed by atoms with Crippen LogP contribution in [-0.2, 0) is 14.3 Å². The first-order valence-corrected chi connectivity index (χ1v) is 5.30. The van der Waals surface area contributed by atoms with E-state index in [2.05, 4.69) is 4.18 Å². The summed E-state index contributed by atoms with van der Waals surface area (Å²) in [5, 5.41) is -1.01. The molecule has 0 spiro atoms.